The van der Waals surface area contributed by atoms with Crippen molar-refractivity contribution in [1.82, 2.24) is 0 Å². The van der Waals surface area contributed by atoms with Crippen molar-refractivity contribution in [3.8, 4) is 5.75 Å². The van der Waals surface area contributed by atoms with Crippen LogP contribution in [0.4, 0.5) is 0 Å². The van der Waals surface area contributed by atoms with Crippen LogP contribution in [0.2, 0.25) is 0 Å². The summed E-state index contributed by atoms with van der Waals surface area (Å²) in [4.78, 5) is 23.2. The van der Waals surface area contributed by atoms with E-state index in [4.69, 9.17) is 9.15 Å². The Hall–Kier alpha value is -2.76. The summed E-state index contributed by atoms with van der Waals surface area (Å²) in [6.07, 6.45) is 0. The van der Waals surface area contributed by atoms with Crippen molar-refractivity contribution < 1.29 is 28.6 Å². The molecule has 0 fully saturated rings. The molecule has 0 aliphatic heterocycles. The number of rotatable bonds is 4. The van der Waals surface area contributed by atoms with E-state index >= 15 is 0 Å². The number of aryl methyl sites for hydroxylation is 1. The van der Waals surface area contributed by atoms with Gasteiger partial charge in [0, 0.05) is 0 Å². The number of aromatic hydroxyl groups is 1. The first kappa shape index (κ1) is 14.6. The average molecular weight is 290 g/mol. The Kier molecular flexibility index (Phi) is 4.27. The molecule has 0 amide bonds. The average Bonchev–Trinajstić information content (AvgIpc) is 2.85. The molecule has 2 aromatic rings. The number of esters is 2. The molecular formula is C15H14O6. The summed E-state index contributed by atoms with van der Waals surface area (Å²) in [7, 11) is 1.27. The van der Waals surface area contributed by atoms with Gasteiger partial charge in [-0.15, -0.1) is 0 Å². The Morgan fingerprint density at radius 3 is 2.67 bits per heavy atom. The molecule has 0 spiro atoms. The Morgan fingerprint density at radius 1 is 1.24 bits per heavy atom. The smallest absolute Gasteiger partial charge is 0.341 e. The first-order valence-corrected chi connectivity index (χ1v) is 6.15. The molecule has 0 atom stereocenters. The van der Waals surface area contributed by atoms with Crippen molar-refractivity contribution in [2.24, 2.45) is 0 Å². The monoisotopic (exact) mass is 290 g/mol. The second kappa shape index (κ2) is 6.13. The van der Waals surface area contributed by atoms with Crippen LogP contribution < -0.4 is 0 Å². The van der Waals surface area contributed by atoms with E-state index in [1.54, 1.807) is 13.0 Å². The van der Waals surface area contributed by atoms with Gasteiger partial charge in [-0.25, -0.2) is 9.59 Å². The van der Waals surface area contributed by atoms with Crippen molar-refractivity contribution in [2.45, 2.75) is 13.5 Å². The summed E-state index contributed by atoms with van der Waals surface area (Å²) < 4.78 is 15.0. The van der Waals surface area contributed by atoms with Gasteiger partial charge in [-0.1, -0.05) is 6.07 Å². The van der Waals surface area contributed by atoms with Gasteiger partial charge in [0.2, 0.25) is 0 Å². The van der Waals surface area contributed by atoms with E-state index < -0.39 is 11.9 Å². The van der Waals surface area contributed by atoms with Crippen molar-refractivity contribution in [2.75, 3.05) is 7.11 Å². The lowest BCUT2D eigenvalue weighted by atomic mass is 10.2. The second-order valence-corrected chi connectivity index (χ2v) is 4.30. The maximum absolute atomic E-state index is 11.8. The van der Waals surface area contributed by atoms with E-state index in [2.05, 4.69) is 4.74 Å². The van der Waals surface area contributed by atoms with Gasteiger partial charge in [-0.3, -0.25) is 0 Å². The summed E-state index contributed by atoms with van der Waals surface area (Å²) in [5.41, 5.74) is 0.521. The van der Waals surface area contributed by atoms with Gasteiger partial charge in [-0.2, -0.15) is 0 Å². The highest BCUT2D eigenvalue weighted by atomic mass is 16.5. The molecule has 6 nitrogen and oxygen atoms in total. The van der Waals surface area contributed by atoms with E-state index in [1.165, 1.54) is 31.4 Å². The van der Waals surface area contributed by atoms with Crippen LogP contribution in [0.3, 0.4) is 0 Å². The van der Waals surface area contributed by atoms with Gasteiger partial charge in [-0.05, 0) is 31.2 Å². The minimum atomic E-state index is -0.598. The van der Waals surface area contributed by atoms with Crippen molar-refractivity contribution in [1.29, 1.82) is 0 Å². The van der Waals surface area contributed by atoms with E-state index in [0.717, 1.165) is 0 Å². The number of hydrogen-bond acceptors (Lipinski definition) is 6. The lowest BCUT2D eigenvalue weighted by molar-refractivity contribution is 0.0443. The van der Waals surface area contributed by atoms with Crippen LogP contribution >= 0.6 is 0 Å². The fraction of sp³-hybridized carbons (Fsp3) is 0.200. The van der Waals surface area contributed by atoms with Gasteiger partial charge in [0.15, 0.2) is 0 Å². The highest BCUT2D eigenvalue weighted by Gasteiger charge is 2.16. The zero-order valence-corrected chi connectivity index (χ0v) is 11.6. The largest absolute Gasteiger partial charge is 0.508 e. The zero-order valence-electron chi connectivity index (χ0n) is 11.6. The highest BCUT2D eigenvalue weighted by Crippen LogP contribution is 2.17. The number of carbonyl (C=O) groups is 2. The molecule has 0 saturated heterocycles. The van der Waals surface area contributed by atoms with Crippen LogP contribution in [-0.2, 0) is 16.1 Å². The van der Waals surface area contributed by atoms with Crippen LogP contribution in [0.1, 0.15) is 32.2 Å². The van der Waals surface area contributed by atoms with Gasteiger partial charge in [0.05, 0.1) is 12.7 Å². The predicted octanol–water partition coefficient (Wildman–Crippen LogP) is 2.44. The lowest BCUT2D eigenvalue weighted by Gasteiger charge is -2.03. The maximum atomic E-state index is 11.8. The minimum absolute atomic E-state index is 0.0220. The van der Waals surface area contributed by atoms with E-state index in [0.29, 0.717) is 17.1 Å². The molecule has 1 aromatic carbocycles. The molecule has 6 heteroatoms. The number of hydrogen-bond donors (Lipinski definition) is 1. The first-order chi connectivity index (χ1) is 10.0. The normalized spacial score (nSPS) is 10.2. The Bertz CT molecular complexity index is 671. The number of methoxy groups -OCH3 is 1. The number of ether oxygens (including phenoxy) is 2. The molecule has 0 bridgehead atoms. The van der Waals surface area contributed by atoms with E-state index in [-0.39, 0.29) is 17.9 Å². The van der Waals surface area contributed by atoms with Crippen LogP contribution in [0.25, 0.3) is 0 Å². The summed E-state index contributed by atoms with van der Waals surface area (Å²) in [5, 5.41) is 9.30. The van der Waals surface area contributed by atoms with E-state index in [1.807, 2.05) is 0 Å². The standard InChI is InChI=1S/C15H14O6/c1-9-13(15(18)19-2)7-12(21-9)8-20-14(17)10-4-3-5-11(16)6-10/h3-7,16H,8H2,1-2H3. The van der Waals surface area contributed by atoms with Crippen LogP contribution in [0.15, 0.2) is 34.7 Å². The van der Waals surface area contributed by atoms with Crippen molar-refractivity contribution in [3.63, 3.8) is 0 Å². The molecule has 0 unspecified atom stereocenters. The number of carbonyl (C=O) groups excluding carboxylic acids is 2. The van der Waals surface area contributed by atoms with E-state index in [9.17, 15) is 14.7 Å². The SMILES string of the molecule is COC(=O)c1cc(COC(=O)c2cccc(O)c2)oc1C. The van der Waals surface area contributed by atoms with Crippen LogP contribution in [0.5, 0.6) is 5.75 Å². The Balaban J connectivity index is 2.03. The number of furan rings is 1. The molecule has 1 heterocycles. The molecule has 0 aliphatic rings. The summed E-state index contributed by atoms with van der Waals surface area (Å²) in [5.74, 6) is -0.403. The Labute approximate surface area is 120 Å². The van der Waals surface area contributed by atoms with Crippen LogP contribution in [0, 0.1) is 6.92 Å². The second-order valence-electron chi connectivity index (χ2n) is 4.30. The fourth-order valence-corrected chi connectivity index (χ4v) is 1.78. The lowest BCUT2D eigenvalue weighted by Crippen LogP contribution is -2.04. The Morgan fingerprint density at radius 2 is 2.00 bits per heavy atom. The van der Waals surface area contributed by atoms with Crippen molar-refractivity contribution in [3.05, 3.63) is 53.0 Å². The predicted molar refractivity (Wildman–Crippen MR) is 72.0 cm³/mol. The number of benzene rings is 1. The number of phenols is 1. The maximum Gasteiger partial charge on any atom is 0.341 e. The van der Waals surface area contributed by atoms with Gasteiger partial charge in [0.25, 0.3) is 0 Å². The molecule has 1 N–H and O–H groups in total. The molecule has 2 rings (SSSR count). The zero-order chi connectivity index (χ0) is 15.4. The molecule has 1 aromatic heterocycles. The summed E-state index contributed by atoms with van der Waals surface area (Å²) in [6.45, 7) is 1.50. The highest BCUT2D eigenvalue weighted by molar-refractivity contribution is 5.91. The molecule has 21 heavy (non-hydrogen) atoms. The summed E-state index contributed by atoms with van der Waals surface area (Å²) in [6, 6.07) is 7.29. The molecule has 0 saturated carbocycles. The molecular weight excluding hydrogens is 276 g/mol. The minimum Gasteiger partial charge on any atom is -0.508 e. The van der Waals surface area contributed by atoms with Gasteiger partial charge >= 0.3 is 11.9 Å². The third kappa shape index (κ3) is 3.42. The van der Waals surface area contributed by atoms with Gasteiger partial charge < -0.3 is 19.0 Å². The number of phenolic OH excluding ortho intramolecular Hbond substituents is 1. The van der Waals surface area contributed by atoms with Crippen LogP contribution in [-0.4, -0.2) is 24.2 Å². The molecule has 0 radical (unpaired) electrons. The fourth-order valence-electron chi connectivity index (χ4n) is 1.78. The van der Waals surface area contributed by atoms with Gasteiger partial charge in [0.1, 0.15) is 29.4 Å². The molecule has 110 valence electrons. The third-order valence-corrected chi connectivity index (χ3v) is 2.80. The summed E-state index contributed by atoms with van der Waals surface area (Å²) >= 11 is 0. The first-order valence-electron chi connectivity index (χ1n) is 6.15. The third-order valence-electron chi connectivity index (χ3n) is 2.80. The quantitative estimate of drug-likeness (QED) is 0.870. The topological polar surface area (TPSA) is 86.0 Å². The van der Waals surface area contributed by atoms with Crippen molar-refractivity contribution >= 4 is 11.9 Å². The molecule has 0 aliphatic carbocycles.